The van der Waals surface area contributed by atoms with Gasteiger partial charge in [-0.2, -0.15) is 0 Å². The summed E-state index contributed by atoms with van der Waals surface area (Å²) in [6.07, 6.45) is 3.03. The molecule has 4 rings (SSSR count). The summed E-state index contributed by atoms with van der Waals surface area (Å²) in [7, 11) is 0. The zero-order valence-corrected chi connectivity index (χ0v) is 22.9. The minimum Gasteiger partial charge on any atom is -0.478 e. The Labute approximate surface area is 233 Å². The molecule has 1 aliphatic rings. The molecular weight excluding hydrogens is 512 g/mol. The fourth-order valence-electron chi connectivity index (χ4n) is 4.40. The Morgan fingerprint density at radius 1 is 0.850 bits per heavy atom. The van der Waals surface area contributed by atoms with E-state index in [-0.39, 0.29) is 10.6 Å². The number of hydrogen-bond acceptors (Lipinski definition) is 7. The summed E-state index contributed by atoms with van der Waals surface area (Å²) in [5, 5.41) is 26.4. The van der Waals surface area contributed by atoms with Crippen LogP contribution in [0.2, 0.25) is 0 Å². The van der Waals surface area contributed by atoms with Crippen molar-refractivity contribution in [2.24, 2.45) is 0 Å². The fourth-order valence-corrected chi connectivity index (χ4v) is 4.40. The van der Waals surface area contributed by atoms with Crippen LogP contribution in [0.25, 0.3) is 11.3 Å². The van der Waals surface area contributed by atoms with Gasteiger partial charge in [0.2, 0.25) is 0 Å². The maximum Gasteiger partial charge on any atom is 0.328 e. The van der Waals surface area contributed by atoms with Gasteiger partial charge in [-0.05, 0) is 72.9 Å². The molecule has 0 saturated carbocycles. The molecule has 10 nitrogen and oxygen atoms in total. The van der Waals surface area contributed by atoms with Crippen molar-refractivity contribution in [3.05, 3.63) is 105 Å². The molecule has 0 aliphatic carbocycles. The van der Waals surface area contributed by atoms with Crippen LogP contribution in [0, 0.1) is 30.9 Å². The van der Waals surface area contributed by atoms with E-state index < -0.39 is 11.9 Å². The average molecular weight is 547 g/mol. The van der Waals surface area contributed by atoms with Crippen LogP contribution >= 0.6 is 0 Å². The Hall–Kier alpha value is -4.41. The van der Waals surface area contributed by atoms with Gasteiger partial charge < -0.3 is 10.2 Å². The average Bonchev–Trinajstić information content (AvgIpc) is 2.92. The van der Waals surface area contributed by atoms with Crippen molar-refractivity contribution in [3.8, 4) is 11.3 Å². The van der Waals surface area contributed by atoms with Crippen LogP contribution in [-0.2, 0) is 22.7 Å². The zero-order valence-electron chi connectivity index (χ0n) is 22.9. The summed E-state index contributed by atoms with van der Waals surface area (Å²) < 4.78 is 0. The Morgan fingerprint density at radius 3 is 1.82 bits per heavy atom. The predicted octanol–water partition coefficient (Wildman–Crippen LogP) is 4.61. The van der Waals surface area contributed by atoms with Crippen LogP contribution in [-0.4, -0.2) is 68.0 Å². The van der Waals surface area contributed by atoms with Gasteiger partial charge in [0.15, 0.2) is 0 Å². The van der Waals surface area contributed by atoms with Crippen LogP contribution in [0.5, 0.6) is 0 Å². The van der Waals surface area contributed by atoms with Gasteiger partial charge in [0, 0.05) is 75.3 Å². The molecule has 10 heteroatoms. The molecule has 0 radical (unpaired) electrons. The van der Waals surface area contributed by atoms with Crippen LogP contribution in [0.3, 0.4) is 0 Å². The van der Waals surface area contributed by atoms with Gasteiger partial charge in [0.05, 0.1) is 10.6 Å². The van der Waals surface area contributed by atoms with Crippen LogP contribution in [0.1, 0.15) is 27.8 Å². The van der Waals surface area contributed by atoms with Crippen LogP contribution in [0.15, 0.2) is 66.9 Å². The number of piperazine rings is 1. The second kappa shape index (κ2) is 14.1. The van der Waals surface area contributed by atoms with Crippen molar-refractivity contribution in [1.29, 1.82) is 0 Å². The van der Waals surface area contributed by atoms with E-state index in [9.17, 15) is 19.7 Å². The van der Waals surface area contributed by atoms with E-state index in [2.05, 4.69) is 59.8 Å². The fraction of sp³-hybridized carbons (Fsp3) is 0.300. The molecule has 1 saturated heterocycles. The van der Waals surface area contributed by atoms with Gasteiger partial charge in [-0.25, -0.2) is 9.59 Å². The lowest BCUT2D eigenvalue weighted by atomic mass is 9.98. The van der Waals surface area contributed by atoms with Crippen LogP contribution in [0.4, 0.5) is 5.69 Å². The second-order valence-electron chi connectivity index (χ2n) is 9.77. The predicted molar refractivity (Wildman–Crippen MR) is 152 cm³/mol. The van der Waals surface area contributed by atoms with Gasteiger partial charge in [0.1, 0.15) is 0 Å². The molecule has 2 aromatic carbocycles. The van der Waals surface area contributed by atoms with E-state index in [1.54, 1.807) is 12.1 Å². The molecule has 1 aromatic heterocycles. The molecule has 1 aliphatic heterocycles. The molecule has 2 heterocycles. The Morgan fingerprint density at radius 2 is 1.35 bits per heavy atom. The van der Waals surface area contributed by atoms with Gasteiger partial charge in [-0.3, -0.25) is 24.9 Å². The quantitative estimate of drug-likeness (QED) is 0.236. The molecule has 3 aromatic rings. The molecule has 0 bridgehead atoms. The largest absolute Gasteiger partial charge is 0.478 e. The Kier molecular flexibility index (Phi) is 10.6. The standard InChI is InChI=1S/C26H30N4O2.C4H4O4/c1-19-14-24(15-20(2)21(19)3)26-16-23(8-9-27-26)18-29-12-10-28(11-13-29)17-22-4-6-25(7-5-22)30(31)32;5-3(6)1-2-4(7)8/h4-9,14-16H,10-13,17-18H2,1-3H3;1-2H,(H,5,6)(H,7,8)/b;2-1-. The number of nitro benzene ring substituents is 1. The molecule has 210 valence electrons. The molecule has 0 atom stereocenters. The highest BCUT2D eigenvalue weighted by atomic mass is 16.6. The Bertz CT molecular complexity index is 1340. The molecule has 2 N–H and O–H groups in total. The minimum absolute atomic E-state index is 0.145. The van der Waals surface area contributed by atoms with E-state index in [1.807, 2.05) is 18.3 Å². The van der Waals surface area contributed by atoms with Gasteiger partial charge >= 0.3 is 11.9 Å². The number of carboxylic acids is 2. The zero-order chi connectivity index (χ0) is 29.2. The summed E-state index contributed by atoms with van der Waals surface area (Å²) in [5.74, 6) is -2.51. The highest BCUT2D eigenvalue weighted by Gasteiger charge is 2.18. The third kappa shape index (κ3) is 9.11. The van der Waals surface area contributed by atoms with Gasteiger partial charge in [0.25, 0.3) is 5.69 Å². The molecule has 0 amide bonds. The number of nitrogens with zero attached hydrogens (tertiary/aromatic N) is 4. The SMILES string of the molecule is Cc1cc(-c2cc(CN3CCN(Cc4ccc([N+](=O)[O-])cc4)CC3)ccn2)cc(C)c1C.O=C(O)/C=C\C(=O)O. The number of non-ortho nitro benzene ring substituents is 1. The molecule has 1 fully saturated rings. The van der Waals surface area contributed by atoms with Crippen molar-refractivity contribution in [2.75, 3.05) is 26.2 Å². The number of carboxylic acid groups (broad SMARTS) is 2. The number of hydrogen-bond donors (Lipinski definition) is 2. The molecule has 40 heavy (non-hydrogen) atoms. The monoisotopic (exact) mass is 546 g/mol. The van der Waals surface area contributed by atoms with E-state index in [4.69, 9.17) is 10.2 Å². The first-order valence-electron chi connectivity index (χ1n) is 12.9. The summed E-state index contributed by atoms with van der Waals surface area (Å²) in [4.78, 5) is 39.1. The third-order valence-electron chi connectivity index (χ3n) is 6.84. The maximum atomic E-state index is 10.8. The van der Waals surface area contributed by atoms with E-state index in [0.717, 1.165) is 50.5 Å². The number of nitro groups is 1. The molecular formula is C30H34N4O6. The number of benzene rings is 2. The van der Waals surface area contributed by atoms with Crippen molar-refractivity contribution < 1.29 is 24.7 Å². The summed E-state index contributed by atoms with van der Waals surface area (Å²) >= 11 is 0. The molecule has 0 spiro atoms. The number of aromatic nitrogens is 1. The first-order chi connectivity index (χ1) is 19.0. The summed E-state index contributed by atoms with van der Waals surface area (Å²) in [6.45, 7) is 12.2. The van der Waals surface area contributed by atoms with Crippen LogP contribution < -0.4 is 0 Å². The maximum absolute atomic E-state index is 10.8. The second-order valence-corrected chi connectivity index (χ2v) is 9.77. The lowest BCUT2D eigenvalue weighted by molar-refractivity contribution is -0.384. The van der Waals surface area contributed by atoms with Gasteiger partial charge in [-0.1, -0.05) is 12.1 Å². The van der Waals surface area contributed by atoms with E-state index in [0.29, 0.717) is 12.2 Å². The highest BCUT2D eigenvalue weighted by Crippen LogP contribution is 2.24. The van der Waals surface area contributed by atoms with Crippen molar-refractivity contribution in [1.82, 2.24) is 14.8 Å². The first-order valence-corrected chi connectivity index (χ1v) is 12.9. The normalized spacial score (nSPS) is 14.0. The number of rotatable bonds is 8. The lowest BCUT2D eigenvalue weighted by Gasteiger charge is -2.34. The summed E-state index contributed by atoms with van der Waals surface area (Å²) in [5.41, 5.74) is 8.71. The minimum atomic E-state index is -1.26. The highest BCUT2D eigenvalue weighted by molar-refractivity contribution is 5.89. The smallest absolute Gasteiger partial charge is 0.328 e. The number of pyridine rings is 1. The van der Waals surface area contributed by atoms with Crippen molar-refractivity contribution in [3.63, 3.8) is 0 Å². The van der Waals surface area contributed by atoms with Gasteiger partial charge in [-0.15, -0.1) is 0 Å². The topological polar surface area (TPSA) is 137 Å². The first kappa shape index (κ1) is 30.1. The summed E-state index contributed by atoms with van der Waals surface area (Å²) in [6, 6.07) is 15.7. The number of aliphatic carboxylic acids is 2. The molecule has 0 unspecified atom stereocenters. The van der Waals surface area contributed by atoms with E-state index in [1.165, 1.54) is 27.8 Å². The van der Waals surface area contributed by atoms with Crippen molar-refractivity contribution in [2.45, 2.75) is 33.9 Å². The van der Waals surface area contributed by atoms with Crippen molar-refractivity contribution >= 4 is 17.6 Å². The Balaban J connectivity index is 0.000000482. The number of carbonyl (C=O) groups is 2. The van der Waals surface area contributed by atoms with E-state index >= 15 is 0 Å². The third-order valence-corrected chi connectivity index (χ3v) is 6.84. The lowest BCUT2D eigenvalue weighted by Crippen LogP contribution is -2.45. The number of aryl methyl sites for hydroxylation is 2.